The fraction of sp³-hybridized carbons (Fsp3) is 0.200. The second-order valence-electron chi connectivity index (χ2n) is 7.92. The molecule has 2 heterocycles. The minimum absolute atomic E-state index is 0.155. The minimum atomic E-state index is -0.350. The van der Waals surface area contributed by atoms with Crippen molar-refractivity contribution in [3.8, 4) is 6.07 Å². The van der Waals surface area contributed by atoms with Gasteiger partial charge in [-0.25, -0.2) is 14.1 Å². The van der Waals surface area contributed by atoms with E-state index in [9.17, 15) is 9.18 Å². The van der Waals surface area contributed by atoms with Crippen LogP contribution < -0.4 is 0 Å². The summed E-state index contributed by atoms with van der Waals surface area (Å²) in [6, 6.07) is 17.3. The molecular formula is C25H22FN5O. The maximum Gasteiger partial charge on any atom is 0.256 e. The van der Waals surface area contributed by atoms with Crippen molar-refractivity contribution in [2.45, 2.75) is 33.0 Å². The first kappa shape index (κ1) is 21.2. The Balaban J connectivity index is 1.66. The number of amides is 1. The number of benzene rings is 2. The van der Waals surface area contributed by atoms with Gasteiger partial charge in [-0.1, -0.05) is 24.3 Å². The van der Waals surface area contributed by atoms with Crippen LogP contribution in [0.3, 0.4) is 0 Å². The first-order valence-electron chi connectivity index (χ1n) is 10.3. The van der Waals surface area contributed by atoms with E-state index in [1.807, 2.05) is 30.7 Å². The SMILES string of the molecule is CC(C)n1ncc2cc(C(=O)N(Cc3ccc(C#N)cc3)Cc3cccc(F)c3)cnc21. The van der Waals surface area contributed by atoms with Crippen molar-refractivity contribution >= 4 is 16.9 Å². The number of carbonyl (C=O) groups is 1. The molecule has 0 saturated carbocycles. The highest BCUT2D eigenvalue weighted by atomic mass is 19.1. The zero-order valence-electron chi connectivity index (χ0n) is 17.9. The molecule has 0 radical (unpaired) electrons. The average Bonchev–Trinajstić information content (AvgIpc) is 3.22. The van der Waals surface area contributed by atoms with Crippen molar-refractivity contribution in [1.82, 2.24) is 19.7 Å². The van der Waals surface area contributed by atoms with Gasteiger partial charge in [0.25, 0.3) is 5.91 Å². The molecular weight excluding hydrogens is 405 g/mol. The topological polar surface area (TPSA) is 74.8 Å². The van der Waals surface area contributed by atoms with Crippen molar-refractivity contribution in [1.29, 1.82) is 5.26 Å². The summed E-state index contributed by atoms with van der Waals surface area (Å²) in [7, 11) is 0. The molecule has 1 amide bonds. The molecule has 0 N–H and O–H groups in total. The van der Waals surface area contributed by atoms with E-state index < -0.39 is 0 Å². The third kappa shape index (κ3) is 4.49. The predicted octanol–water partition coefficient (Wildman–Crippen LogP) is 4.87. The molecule has 4 aromatic rings. The van der Waals surface area contributed by atoms with Gasteiger partial charge in [-0.2, -0.15) is 10.4 Å². The van der Waals surface area contributed by atoms with E-state index in [0.717, 1.165) is 16.6 Å². The molecule has 0 atom stereocenters. The van der Waals surface area contributed by atoms with E-state index in [-0.39, 0.29) is 24.3 Å². The minimum Gasteiger partial charge on any atom is -0.330 e. The maximum absolute atomic E-state index is 13.7. The van der Waals surface area contributed by atoms with Gasteiger partial charge < -0.3 is 4.90 Å². The van der Waals surface area contributed by atoms with Crippen LogP contribution in [-0.2, 0) is 13.1 Å². The summed E-state index contributed by atoms with van der Waals surface area (Å²) < 4.78 is 15.6. The lowest BCUT2D eigenvalue weighted by Gasteiger charge is -2.23. The van der Waals surface area contributed by atoms with Crippen LogP contribution in [0.5, 0.6) is 0 Å². The Morgan fingerprint density at radius 1 is 1.09 bits per heavy atom. The van der Waals surface area contributed by atoms with E-state index in [2.05, 4.69) is 16.2 Å². The fourth-order valence-corrected chi connectivity index (χ4v) is 3.58. The van der Waals surface area contributed by atoms with Gasteiger partial charge in [-0.3, -0.25) is 4.79 Å². The summed E-state index contributed by atoms with van der Waals surface area (Å²) in [5, 5.41) is 14.2. The first-order chi connectivity index (χ1) is 15.4. The third-order valence-electron chi connectivity index (χ3n) is 5.18. The average molecular weight is 427 g/mol. The summed E-state index contributed by atoms with van der Waals surface area (Å²) in [4.78, 5) is 19.6. The smallest absolute Gasteiger partial charge is 0.256 e. The quantitative estimate of drug-likeness (QED) is 0.440. The molecule has 0 fully saturated rings. The van der Waals surface area contributed by atoms with E-state index in [4.69, 9.17) is 5.26 Å². The molecule has 2 aromatic heterocycles. The highest BCUT2D eigenvalue weighted by Crippen LogP contribution is 2.20. The standard InChI is InChI=1S/C25H22FN5O/c1-17(2)31-24-21(14-29-31)11-22(13-28-24)25(32)30(16-20-4-3-5-23(26)10-20)15-19-8-6-18(12-27)7-9-19/h3-11,13-14,17H,15-16H2,1-2H3. The molecule has 0 aliphatic carbocycles. The summed E-state index contributed by atoms with van der Waals surface area (Å²) in [5.74, 6) is -0.567. The summed E-state index contributed by atoms with van der Waals surface area (Å²) >= 11 is 0. The molecule has 0 spiro atoms. The molecule has 0 bridgehead atoms. The first-order valence-corrected chi connectivity index (χ1v) is 10.3. The van der Waals surface area contributed by atoms with Crippen molar-refractivity contribution in [3.05, 3.63) is 95.1 Å². The lowest BCUT2D eigenvalue weighted by molar-refractivity contribution is 0.0729. The van der Waals surface area contributed by atoms with E-state index in [1.165, 1.54) is 12.1 Å². The highest BCUT2D eigenvalue weighted by molar-refractivity contribution is 5.96. The van der Waals surface area contributed by atoms with E-state index in [0.29, 0.717) is 23.2 Å². The van der Waals surface area contributed by atoms with Gasteiger partial charge in [-0.05, 0) is 55.3 Å². The number of pyridine rings is 1. The maximum atomic E-state index is 13.7. The molecule has 0 aliphatic heterocycles. The van der Waals surface area contributed by atoms with E-state index in [1.54, 1.807) is 47.6 Å². The Bertz CT molecular complexity index is 1300. The van der Waals surface area contributed by atoms with Gasteiger partial charge in [0.2, 0.25) is 0 Å². The highest BCUT2D eigenvalue weighted by Gasteiger charge is 2.19. The van der Waals surface area contributed by atoms with Gasteiger partial charge in [0.05, 0.1) is 23.4 Å². The number of aromatic nitrogens is 3. The van der Waals surface area contributed by atoms with Crippen LogP contribution >= 0.6 is 0 Å². The van der Waals surface area contributed by atoms with Crippen LogP contribution in [0.4, 0.5) is 4.39 Å². The van der Waals surface area contributed by atoms with Crippen LogP contribution in [0.15, 0.2) is 67.0 Å². The largest absolute Gasteiger partial charge is 0.330 e. The number of hydrogen-bond acceptors (Lipinski definition) is 4. The molecule has 0 aliphatic rings. The second-order valence-corrected chi connectivity index (χ2v) is 7.92. The molecule has 160 valence electrons. The van der Waals surface area contributed by atoms with Crippen LogP contribution in [0.1, 0.15) is 46.9 Å². The van der Waals surface area contributed by atoms with Crippen LogP contribution in [0.25, 0.3) is 11.0 Å². The number of carbonyl (C=O) groups excluding carboxylic acids is 1. The Labute approximate surface area is 185 Å². The third-order valence-corrected chi connectivity index (χ3v) is 5.18. The number of hydrogen-bond donors (Lipinski definition) is 0. The Morgan fingerprint density at radius 2 is 1.84 bits per heavy atom. The molecule has 7 heteroatoms. The Kier molecular flexibility index (Phi) is 5.95. The molecule has 6 nitrogen and oxygen atoms in total. The number of halogens is 1. The van der Waals surface area contributed by atoms with Gasteiger partial charge in [0, 0.05) is 30.7 Å². The predicted molar refractivity (Wildman–Crippen MR) is 119 cm³/mol. The van der Waals surface area contributed by atoms with Crippen molar-refractivity contribution in [3.63, 3.8) is 0 Å². The van der Waals surface area contributed by atoms with Gasteiger partial charge in [-0.15, -0.1) is 0 Å². The summed E-state index contributed by atoms with van der Waals surface area (Å²) in [5.41, 5.74) is 3.27. The van der Waals surface area contributed by atoms with Crippen LogP contribution in [-0.4, -0.2) is 25.6 Å². The molecule has 32 heavy (non-hydrogen) atoms. The normalized spacial score (nSPS) is 11.0. The number of nitriles is 1. The second kappa shape index (κ2) is 8.98. The number of nitrogens with zero attached hydrogens (tertiary/aromatic N) is 5. The lowest BCUT2D eigenvalue weighted by Crippen LogP contribution is -2.30. The molecule has 0 unspecified atom stereocenters. The lowest BCUT2D eigenvalue weighted by atomic mass is 10.1. The van der Waals surface area contributed by atoms with Gasteiger partial charge >= 0.3 is 0 Å². The van der Waals surface area contributed by atoms with Gasteiger partial charge in [0.15, 0.2) is 5.65 Å². The molecule has 2 aromatic carbocycles. The van der Waals surface area contributed by atoms with Crippen molar-refractivity contribution in [2.75, 3.05) is 0 Å². The summed E-state index contributed by atoms with van der Waals surface area (Å²) in [6.45, 7) is 4.58. The van der Waals surface area contributed by atoms with Crippen LogP contribution in [0, 0.1) is 17.1 Å². The fourth-order valence-electron chi connectivity index (χ4n) is 3.58. The van der Waals surface area contributed by atoms with Crippen molar-refractivity contribution in [2.24, 2.45) is 0 Å². The van der Waals surface area contributed by atoms with Crippen molar-refractivity contribution < 1.29 is 9.18 Å². The zero-order chi connectivity index (χ0) is 22.7. The molecule has 0 saturated heterocycles. The number of rotatable bonds is 6. The monoisotopic (exact) mass is 427 g/mol. The van der Waals surface area contributed by atoms with Gasteiger partial charge in [0.1, 0.15) is 5.82 Å². The Morgan fingerprint density at radius 3 is 2.53 bits per heavy atom. The number of fused-ring (bicyclic) bond motifs is 1. The summed E-state index contributed by atoms with van der Waals surface area (Å²) in [6.07, 6.45) is 3.26. The Hall–Kier alpha value is -4.05. The van der Waals surface area contributed by atoms with E-state index >= 15 is 0 Å². The zero-order valence-corrected chi connectivity index (χ0v) is 17.9. The molecule has 4 rings (SSSR count). The van der Waals surface area contributed by atoms with Crippen LogP contribution in [0.2, 0.25) is 0 Å².